The molecule has 0 saturated carbocycles. The molecule has 0 unspecified atom stereocenters. The minimum atomic E-state index is -3.51. The second-order valence-electron chi connectivity index (χ2n) is 6.20. The summed E-state index contributed by atoms with van der Waals surface area (Å²) in [6, 6.07) is 6.24. The summed E-state index contributed by atoms with van der Waals surface area (Å²) in [5, 5.41) is 0. The van der Waals surface area contributed by atoms with Crippen LogP contribution >= 0.6 is 0 Å². The largest absolute Gasteiger partial charge is 0.452 e. The number of hydrogen-bond acceptors (Lipinski definition) is 5. The van der Waals surface area contributed by atoms with Gasteiger partial charge in [-0.2, -0.15) is 4.31 Å². The van der Waals surface area contributed by atoms with E-state index in [1.165, 1.54) is 33.5 Å². The Morgan fingerprint density at radius 1 is 1.11 bits per heavy atom. The van der Waals surface area contributed by atoms with Gasteiger partial charge in [-0.3, -0.25) is 4.79 Å². The van der Waals surface area contributed by atoms with E-state index in [-0.39, 0.29) is 23.5 Å². The maximum atomic E-state index is 12.4. The van der Waals surface area contributed by atoms with E-state index in [1.54, 1.807) is 33.0 Å². The predicted molar refractivity (Wildman–Crippen MR) is 104 cm³/mol. The lowest BCUT2D eigenvalue weighted by Gasteiger charge is -2.20. The first-order valence-electron chi connectivity index (χ1n) is 8.84. The van der Waals surface area contributed by atoms with E-state index in [0.29, 0.717) is 18.7 Å². The SMILES string of the molecule is CCN(CC)S(=O)(=O)c1ccc(C=CC(=O)OCC(=O)N(C)C(C)C)cc1. The summed E-state index contributed by atoms with van der Waals surface area (Å²) < 4.78 is 31.1. The van der Waals surface area contributed by atoms with Gasteiger partial charge in [0.25, 0.3) is 5.91 Å². The zero-order valence-corrected chi connectivity index (χ0v) is 17.3. The first-order chi connectivity index (χ1) is 12.6. The third-order valence-electron chi connectivity index (χ3n) is 4.14. The number of hydrogen-bond donors (Lipinski definition) is 0. The summed E-state index contributed by atoms with van der Waals surface area (Å²) in [4.78, 5) is 25.2. The molecule has 0 radical (unpaired) electrons. The number of likely N-dealkylation sites (N-methyl/N-ethyl adjacent to an activating group) is 1. The monoisotopic (exact) mass is 396 g/mol. The highest BCUT2D eigenvalue weighted by Crippen LogP contribution is 2.16. The van der Waals surface area contributed by atoms with Crippen LogP contribution in [0.15, 0.2) is 35.2 Å². The molecular formula is C19H28N2O5S. The smallest absolute Gasteiger partial charge is 0.331 e. The van der Waals surface area contributed by atoms with E-state index in [0.717, 1.165) is 0 Å². The van der Waals surface area contributed by atoms with E-state index in [9.17, 15) is 18.0 Å². The molecule has 1 aromatic carbocycles. The molecule has 7 nitrogen and oxygen atoms in total. The Balaban J connectivity index is 2.70. The number of nitrogens with zero attached hydrogens (tertiary/aromatic N) is 2. The average Bonchev–Trinajstić information content (AvgIpc) is 2.64. The third-order valence-corrected chi connectivity index (χ3v) is 6.21. The molecule has 0 aliphatic heterocycles. The lowest BCUT2D eigenvalue weighted by molar-refractivity contribution is -0.148. The molecule has 0 aliphatic carbocycles. The predicted octanol–water partition coefficient (Wildman–Crippen LogP) is 2.14. The molecule has 1 aromatic rings. The van der Waals surface area contributed by atoms with Gasteiger partial charge >= 0.3 is 5.97 Å². The number of esters is 1. The number of carbonyl (C=O) groups is 2. The summed E-state index contributed by atoms with van der Waals surface area (Å²) in [6.07, 6.45) is 2.71. The van der Waals surface area contributed by atoms with Gasteiger partial charge in [0.15, 0.2) is 6.61 Å². The van der Waals surface area contributed by atoms with E-state index in [4.69, 9.17) is 4.74 Å². The first-order valence-corrected chi connectivity index (χ1v) is 10.3. The van der Waals surface area contributed by atoms with Gasteiger partial charge in [0.1, 0.15) is 0 Å². The lowest BCUT2D eigenvalue weighted by atomic mass is 10.2. The molecule has 0 bridgehead atoms. The minimum Gasteiger partial charge on any atom is -0.452 e. The molecule has 0 N–H and O–H groups in total. The fraction of sp³-hybridized carbons (Fsp3) is 0.474. The van der Waals surface area contributed by atoms with Gasteiger partial charge < -0.3 is 9.64 Å². The number of rotatable bonds is 9. The van der Waals surface area contributed by atoms with Gasteiger partial charge in [0.05, 0.1) is 4.90 Å². The van der Waals surface area contributed by atoms with Crippen LogP contribution in [0.1, 0.15) is 33.3 Å². The number of sulfonamides is 1. The van der Waals surface area contributed by atoms with Crippen LogP contribution in [0, 0.1) is 0 Å². The Morgan fingerprint density at radius 3 is 2.15 bits per heavy atom. The van der Waals surface area contributed by atoms with Gasteiger partial charge in [-0.15, -0.1) is 0 Å². The van der Waals surface area contributed by atoms with Gasteiger partial charge in [-0.25, -0.2) is 13.2 Å². The van der Waals surface area contributed by atoms with E-state index in [2.05, 4.69) is 0 Å². The Morgan fingerprint density at radius 2 is 1.67 bits per heavy atom. The van der Waals surface area contributed by atoms with Crippen molar-refractivity contribution in [3.8, 4) is 0 Å². The zero-order valence-electron chi connectivity index (χ0n) is 16.5. The molecule has 0 spiro atoms. The van der Waals surface area contributed by atoms with Gasteiger partial charge in [0, 0.05) is 32.3 Å². The van der Waals surface area contributed by atoms with Crippen LogP contribution in [-0.4, -0.2) is 62.3 Å². The maximum Gasteiger partial charge on any atom is 0.331 e. The summed E-state index contributed by atoms with van der Waals surface area (Å²) in [6.45, 7) is 7.78. The van der Waals surface area contributed by atoms with Crippen molar-refractivity contribution in [3.05, 3.63) is 35.9 Å². The van der Waals surface area contributed by atoms with Crippen LogP contribution in [0.2, 0.25) is 0 Å². The van der Waals surface area contributed by atoms with Gasteiger partial charge in [-0.05, 0) is 37.6 Å². The van der Waals surface area contributed by atoms with Crippen molar-refractivity contribution < 1.29 is 22.7 Å². The topological polar surface area (TPSA) is 84.0 Å². The molecule has 0 aromatic heterocycles. The first kappa shape index (κ1) is 22.9. The number of carbonyl (C=O) groups excluding carboxylic acids is 2. The molecule has 0 aliphatic rings. The quantitative estimate of drug-likeness (QED) is 0.472. The molecule has 0 saturated heterocycles. The second kappa shape index (κ2) is 10.2. The Kier molecular flexibility index (Phi) is 8.65. The van der Waals surface area contributed by atoms with Crippen LogP contribution in [0.5, 0.6) is 0 Å². The highest BCUT2D eigenvalue weighted by Gasteiger charge is 2.21. The van der Waals surface area contributed by atoms with E-state index in [1.807, 2.05) is 13.8 Å². The Hall–Kier alpha value is -2.19. The summed E-state index contributed by atoms with van der Waals surface area (Å²) in [5.74, 6) is -0.918. The van der Waals surface area contributed by atoms with Crippen molar-refractivity contribution in [1.29, 1.82) is 0 Å². The van der Waals surface area contributed by atoms with Crippen LogP contribution in [0.4, 0.5) is 0 Å². The summed E-state index contributed by atoms with van der Waals surface area (Å²) in [5.41, 5.74) is 0.649. The molecule has 0 heterocycles. The van der Waals surface area contributed by atoms with Crippen molar-refractivity contribution in [1.82, 2.24) is 9.21 Å². The molecule has 150 valence electrons. The molecule has 1 amide bonds. The van der Waals surface area contributed by atoms with Gasteiger partial charge in [-0.1, -0.05) is 26.0 Å². The van der Waals surface area contributed by atoms with Crippen LogP contribution < -0.4 is 0 Å². The molecule has 0 fully saturated rings. The number of ether oxygens (including phenoxy) is 1. The van der Waals surface area contributed by atoms with Crippen LogP contribution in [0.3, 0.4) is 0 Å². The molecule has 8 heteroatoms. The van der Waals surface area contributed by atoms with Crippen molar-refractivity contribution >= 4 is 28.0 Å². The van der Waals surface area contributed by atoms with Crippen LogP contribution in [0.25, 0.3) is 6.08 Å². The normalized spacial score (nSPS) is 12.0. The van der Waals surface area contributed by atoms with Crippen molar-refractivity contribution in [2.75, 3.05) is 26.7 Å². The lowest BCUT2D eigenvalue weighted by Crippen LogP contribution is -2.36. The molecule has 1 rings (SSSR count). The second-order valence-corrected chi connectivity index (χ2v) is 8.14. The maximum absolute atomic E-state index is 12.4. The van der Waals surface area contributed by atoms with Crippen molar-refractivity contribution in [2.45, 2.75) is 38.6 Å². The number of amides is 1. The fourth-order valence-corrected chi connectivity index (χ4v) is 3.66. The average molecular weight is 397 g/mol. The van der Waals surface area contributed by atoms with Gasteiger partial charge in [0.2, 0.25) is 10.0 Å². The fourth-order valence-electron chi connectivity index (χ4n) is 2.20. The van der Waals surface area contributed by atoms with Crippen molar-refractivity contribution in [3.63, 3.8) is 0 Å². The van der Waals surface area contributed by atoms with E-state index < -0.39 is 16.0 Å². The highest BCUT2D eigenvalue weighted by molar-refractivity contribution is 7.89. The summed E-state index contributed by atoms with van der Waals surface area (Å²) in [7, 11) is -1.86. The molecule has 27 heavy (non-hydrogen) atoms. The molecule has 0 atom stereocenters. The minimum absolute atomic E-state index is 0.0258. The summed E-state index contributed by atoms with van der Waals surface area (Å²) >= 11 is 0. The zero-order chi connectivity index (χ0) is 20.6. The van der Waals surface area contributed by atoms with Crippen molar-refractivity contribution in [2.24, 2.45) is 0 Å². The third kappa shape index (κ3) is 6.48. The molecular weight excluding hydrogens is 368 g/mol. The standard InChI is InChI=1S/C19H28N2O5S/c1-6-21(7-2)27(24,25)17-11-8-16(9-12-17)10-13-19(23)26-14-18(22)20(5)15(3)4/h8-13,15H,6-7,14H2,1-5H3. The Labute approximate surface area is 161 Å². The number of benzene rings is 1. The van der Waals surface area contributed by atoms with E-state index >= 15 is 0 Å². The highest BCUT2D eigenvalue weighted by atomic mass is 32.2. The van der Waals surface area contributed by atoms with Crippen LogP contribution in [-0.2, 0) is 24.3 Å². The Bertz CT molecular complexity index is 766.